The van der Waals surface area contributed by atoms with Crippen molar-refractivity contribution in [2.24, 2.45) is 5.41 Å². The van der Waals surface area contributed by atoms with Crippen molar-refractivity contribution >= 4 is 17.7 Å². The van der Waals surface area contributed by atoms with Gasteiger partial charge in [0.05, 0.1) is 5.41 Å². The number of aliphatic carboxylic acids is 1. The molecule has 1 aromatic rings. The maximum Gasteiger partial charge on any atom is 0.309 e. The molecular weight excluding hydrogens is 256 g/mol. The van der Waals surface area contributed by atoms with Crippen LogP contribution < -0.4 is 0 Å². The molecule has 1 saturated heterocycles. The summed E-state index contributed by atoms with van der Waals surface area (Å²) in [4.78, 5) is 11.3. The number of carboxylic acid groups (broad SMARTS) is 1. The van der Waals surface area contributed by atoms with Crippen LogP contribution in [-0.4, -0.2) is 22.6 Å². The molecule has 104 valence electrons. The van der Waals surface area contributed by atoms with E-state index in [0.717, 1.165) is 0 Å². The van der Waals surface area contributed by atoms with Crippen LogP contribution in [0.3, 0.4) is 0 Å². The number of thioether (sulfide) groups is 1. The van der Waals surface area contributed by atoms with E-state index in [4.69, 9.17) is 0 Å². The Hall–Kier alpha value is -0.960. The Morgan fingerprint density at radius 1 is 1.32 bits per heavy atom. The maximum atomic E-state index is 11.3. The lowest BCUT2D eigenvalue weighted by atomic mass is 9.81. The highest BCUT2D eigenvalue weighted by molar-refractivity contribution is 7.99. The molecule has 1 aliphatic heterocycles. The Kier molecular flexibility index (Phi) is 4.56. The molecule has 1 aliphatic rings. The molecule has 1 N–H and O–H groups in total. The first-order chi connectivity index (χ1) is 9.00. The fraction of sp³-hybridized carbons (Fsp3) is 0.562. The minimum absolute atomic E-state index is 0.613. The van der Waals surface area contributed by atoms with Gasteiger partial charge in [0.15, 0.2) is 0 Å². The fourth-order valence-electron chi connectivity index (χ4n) is 2.65. The highest BCUT2D eigenvalue weighted by Crippen LogP contribution is 2.35. The van der Waals surface area contributed by atoms with Gasteiger partial charge in [-0.3, -0.25) is 4.79 Å². The molecular formula is C16H22O2S. The van der Waals surface area contributed by atoms with Crippen molar-refractivity contribution in [2.75, 3.05) is 11.5 Å². The van der Waals surface area contributed by atoms with Gasteiger partial charge in [0.25, 0.3) is 0 Å². The minimum Gasteiger partial charge on any atom is -0.481 e. The minimum atomic E-state index is -0.721. The van der Waals surface area contributed by atoms with Gasteiger partial charge in [-0.15, -0.1) is 0 Å². The second kappa shape index (κ2) is 6.00. The standard InChI is InChI=1S/C16H22O2S/c1-16(2,15(17)18)11-13-5-3-4-6-14(13)12-7-9-19-10-8-12/h3-6,12H,7-11H2,1-2H3,(H,17,18). The van der Waals surface area contributed by atoms with Crippen LogP contribution in [0.25, 0.3) is 0 Å². The summed E-state index contributed by atoms with van der Waals surface area (Å²) < 4.78 is 0. The van der Waals surface area contributed by atoms with E-state index in [0.29, 0.717) is 12.3 Å². The molecule has 0 amide bonds. The second-order valence-electron chi connectivity index (χ2n) is 5.95. The summed E-state index contributed by atoms with van der Waals surface area (Å²) in [7, 11) is 0. The van der Waals surface area contributed by atoms with Crippen molar-refractivity contribution < 1.29 is 9.90 Å². The average molecular weight is 278 g/mol. The predicted octanol–water partition coefficient (Wildman–Crippen LogP) is 3.95. The van der Waals surface area contributed by atoms with Crippen LogP contribution in [0.5, 0.6) is 0 Å². The number of hydrogen-bond acceptors (Lipinski definition) is 2. The summed E-state index contributed by atoms with van der Waals surface area (Å²) in [5, 5.41) is 9.30. The first-order valence-electron chi connectivity index (χ1n) is 6.89. The number of hydrogen-bond donors (Lipinski definition) is 1. The Balaban J connectivity index is 2.23. The fourth-order valence-corrected chi connectivity index (χ4v) is 3.76. The smallest absolute Gasteiger partial charge is 0.309 e. The van der Waals surface area contributed by atoms with Gasteiger partial charge in [0.1, 0.15) is 0 Å². The van der Waals surface area contributed by atoms with Gasteiger partial charge >= 0.3 is 5.97 Å². The molecule has 3 heteroatoms. The molecule has 1 heterocycles. The van der Waals surface area contributed by atoms with Crippen LogP contribution in [0, 0.1) is 5.41 Å². The van der Waals surface area contributed by atoms with Crippen molar-refractivity contribution in [2.45, 2.75) is 39.0 Å². The van der Waals surface area contributed by atoms with Crippen LogP contribution in [0.4, 0.5) is 0 Å². The third-order valence-electron chi connectivity index (χ3n) is 3.93. The molecule has 19 heavy (non-hydrogen) atoms. The molecule has 0 aliphatic carbocycles. The van der Waals surface area contributed by atoms with Crippen LogP contribution in [0.15, 0.2) is 24.3 Å². The summed E-state index contributed by atoms with van der Waals surface area (Å²) in [5.41, 5.74) is 1.89. The molecule has 0 unspecified atom stereocenters. The number of carbonyl (C=O) groups is 1. The SMILES string of the molecule is CC(C)(Cc1ccccc1C1CCSCC1)C(=O)O. The van der Waals surface area contributed by atoms with Crippen molar-refractivity contribution in [1.82, 2.24) is 0 Å². The molecule has 1 aromatic carbocycles. The predicted molar refractivity (Wildman–Crippen MR) is 80.9 cm³/mol. The van der Waals surface area contributed by atoms with E-state index in [1.165, 1.54) is 35.5 Å². The third kappa shape index (κ3) is 3.53. The van der Waals surface area contributed by atoms with Gasteiger partial charge in [-0.25, -0.2) is 0 Å². The largest absolute Gasteiger partial charge is 0.481 e. The number of rotatable bonds is 4. The van der Waals surface area contributed by atoms with E-state index in [1.54, 1.807) is 0 Å². The molecule has 2 nitrogen and oxygen atoms in total. The first kappa shape index (κ1) is 14.4. The zero-order valence-corrected chi connectivity index (χ0v) is 12.5. The lowest BCUT2D eigenvalue weighted by molar-refractivity contribution is -0.146. The Morgan fingerprint density at radius 3 is 2.58 bits per heavy atom. The zero-order valence-electron chi connectivity index (χ0n) is 11.7. The third-order valence-corrected chi connectivity index (χ3v) is 4.98. The number of carboxylic acids is 1. The van der Waals surface area contributed by atoms with Crippen molar-refractivity contribution in [3.8, 4) is 0 Å². The molecule has 0 saturated carbocycles. The Bertz CT molecular complexity index is 448. The summed E-state index contributed by atoms with van der Waals surface area (Å²) in [6, 6.07) is 8.39. The monoisotopic (exact) mass is 278 g/mol. The van der Waals surface area contributed by atoms with Gasteiger partial charge in [-0.1, -0.05) is 24.3 Å². The molecule has 0 radical (unpaired) electrons. The quantitative estimate of drug-likeness (QED) is 0.906. The summed E-state index contributed by atoms with van der Waals surface area (Å²) in [5.74, 6) is 2.34. The molecule has 0 spiro atoms. The summed E-state index contributed by atoms with van der Waals surface area (Å²) in [6.07, 6.45) is 3.05. The Labute approximate surface area is 119 Å². The summed E-state index contributed by atoms with van der Waals surface area (Å²) in [6.45, 7) is 3.62. The second-order valence-corrected chi connectivity index (χ2v) is 7.18. The van der Waals surface area contributed by atoms with Gasteiger partial charge < -0.3 is 5.11 Å². The molecule has 0 atom stereocenters. The van der Waals surface area contributed by atoms with Gasteiger partial charge in [0, 0.05) is 0 Å². The first-order valence-corrected chi connectivity index (χ1v) is 8.05. The van der Waals surface area contributed by atoms with E-state index in [-0.39, 0.29) is 0 Å². The number of benzene rings is 1. The zero-order chi connectivity index (χ0) is 13.9. The van der Waals surface area contributed by atoms with Crippen LogP contribution in [0.1, 0.15) is 43.7 Å². The van der Waals surface area contributed by atoms with Gasteiger partial charge in [-0.05, 0) is 61.7 Å². The lowest BCUT2D eigenvalue weighted by Crippen LogP contribution is -2.27. The lowest BCUT2D eigenvalue weighted by Gasteiger charge is -2.27. The normalized spacial score (nSPS) is 17.4. The molecule has 0 aromatic heterocycles. The van der Waals surface area contributed by atoms with E-state index in [1.807, 2.05) is 31.7 Å². The van der Waals surface area contributed by atoms with Gasteiger partial charge in [-0.2, -0.15) is 11.8 Å². The molecule has 2 rings (SSSR count). The van der Waals surface area contributed by atoms with Crippen LogP contribution in [-0.2, 0) is 11.2 Å². The molecule has 0 bridgehead atoms. The highest BCUT2D eigenvalue weighted by Gasteiger charge is 2.29. The van der Waals surface area contributed by atoms with E-state index in [9.17, 15) is 9.90 Å². The van der Waals surface area contributed by atoms with Crippen LogP contribution in [0.2, 0.25) is 0 Å². The van der Waals surface area contributed by atoms with E-state index >= 15 is 0 Å². The topological polar surface area (TPSA) is 37.3 Å². The van der Waals surface area contributed by atoms with E-state index < -0.39 is 11.4 Å². The van der Waals surface area contributed by atoms with Crippen molar-refractivity contribution in [3.05, 3.63) is 35.4 Å². The molecule has 1 fully saturated rings. The van der Waals surface area contributed by atoms with Crippen molar-refractivity contribution in [3.63, 3.8) is 0 Å². The maximum absolute atomic E-state index is 11.3. The van der Waals surface area contributed by atoms with Crippen molar-refractivity contribution in [1.29, 1.82) is 0 Å². The summed E-state index contributed by atoms with van der Waals surface area (Å²) >= 11 is 2.02. The van der Waals surface area contributed by atoms with Gasteiger partial charge in [0.2, 0.25) is 0 Å². The van der Waals surface area contributed by atoms with E-state index in [2.05, 4.69) is 18.2 Å². The Morgan fingerprint density at radius 2 is 1.95 bits per heavy atom. The van der Waals surface area contributed by atoms with Crippen LogP contribution >= 0.6 is 11.8 Å². The highest BCUT2D eigenvalue weighted by atomic mass is 32.2. The average Bonchev–Trinajstić information content (AvgIpc) is 2.40.